The second kappa shape index (κ2) is 20.1. The summed E-state index contributed by atoms with van der Waals surface area (Å²) in [5, 5.41) is 20.7. The van der Waals surface area contributed by atoms with Gasteiger partial charge in [0.1, 0.15) is 24.0 Å². The van der Waals surface area contributed by atoms with E-state index in [1.807, 2.05) is 45.3 Å². The maximum Gasteiger partial charge on any atom is 0.407 e. The smallest absolute Gasteiger partial charge is 0.407 e. The summed E-state index contributed by atoms with van der Waals surface area (Å²) < 4.78 is 11.4. The average Bonchev–Trinajstić information content (AvgIpc) is 3.69. The normalized spacial score (nSPS) is 18.4. The van der Waals surface area contributed by atoms with Crippen LogP contribution in [0, 0.1) is 12.3 Å². The van der Waals surface area contributed by atoms with Gasteiger partial charge >= 0.3 is 6.09 Å². The fourth-order valence-electron chi connectivity index (χ4n) is 7.57. The number of carbonyl (C=O) groups is 4. The lowest BCUT2D eigenvalue weighted by molar-refractivity contribution is -0.140. The van der Waals surface area contributed by atoms with Gasteiger partial charge in [0, 0.05) is 37.5 Å². The van der Waals surface area contributed by atoms with E-state index in [2.05, 4.69) is 45.2 Å². The van der Waals surface area contributed by atoms with Crippen LogP contribution in [0.15, 0.2) is 48.0 Å². The quantitative estimate of drug-likeness (QED) is 0.0810. The zero-order valence-electron chi connectivity index (χ0n) is 36.1. The molecule has 5 rings (SSSR count). The van der Waals surface area contributed by atoms with Gasteiger partial charge < -0.3 is 41.2 Å². The van der Waals surface area contributed by atoms with Crippen LogP contribution in [-0.2, 0) is 31.1 Å². The Bertz CT molecular complexity index is 1960. The number of likely N-dealkylation sites (tertiary alicyclic amines) is 1. The molecule has 4 amide bonds. The van der Waals surface area contributed by atoms with Gasteiger partial charge in [-0.15, -0.1) is 11.3 Å². The minimum atomic E-state index is -0.768. The molecule has 2 fully saturated rings. The second-order valence-corrected chi connectivity index (χ2v) is 19.5. The molecule has 13 nitrogen and oxygen atoms in total. The Labute approximate surface area is 363 Å². The number of alkyl carbamates (subject to hydrolysis) is 1. The van der Waals surface area contributed by atoms with Crippen LogP contribution < -0.4 is 26.4 Å². The second-order valence-electron chi connectivity index (χ2n) is 18.3. The fourth-order valence-corrected chi connectivity index (χ4v) is 8.66. The van der Waals surface area contributed by atoms with Crippen molar-refractivity contribution in [3.63, 3.8) is 0 Å². The van der Waals surface area contributed by atoms with E-state index in [1.165, 1.54) is 10.4 Å². The lowest BCUT2D eigenvalue weighted by atomic mass is 9.85. The number of benzene rings is 2. The molecule has 1 aliphatic heterocycles. The molecule has 1 aromatic heterocycles. The van der Waals surface area contributed by atoms with E-state index in [4.69, 9.17) is 26.8 Å². The number of hydrogen-bond acceptors (Lipinski definition) is 10. The third-order valence-electron chi connectivity index (χ3n) is 11.0. The van der Waals surface area contributed by atoms with Crippen LogP contribution in [0.2, 0.25) is 5.02 Å². The van der Waals surface area contributed by atoms with Crippen LogP contribution >= 0.6 is 22.9 Å². The molecule has 15 heteroatoms. The van der Waals surface area contributed by atoms with Gasteiger partial charge in [-0.3, -0.25) is 14.4 Å². The number of carbonyl (C=O) groups excluding carboxylic acids is 4. The van der Waals surface area contributed by atoms with Gasteiger partial charge in [0.25, 0.3) is 0 Å². The number of aliphatic hydroxyl groups excluding tert-OH is 1. The molecule has 3 aromatic rings. The van der Waals surface area contributed by atoms with Crippen molar-refractivity contribution < 1.29 is 33.8 Å². The zero-order chi connectivity index (χ0) is 43.8. The summed E-state index contributed by atoms with van der Waals surface area (Å²) in [6.07, 6.45) is 3.55. The lowest BCUT2D eigenvalue weighted by Crippen LogP contribution is -2.57. The van der Waals surface area contributed by atoms with Crippen LogP contribution in [0.25, 0.3) is 10.4 Å². The molecule has 6 N–H and O–H groups in total. The zero-order valence-corrected chi connectivity index (χ0v) is 37.6. The highest BCUT2D eigenvalue weighted by molar-refractivity contribution is 7.13. The highest BCUT2D eigenvalue weighted by Crippen LogP contribution is 2.46. The number of ether oxygens (including phenoxy) is 2. The van der Waals surface area contributed by atoms with E-state index >= 15 is 0 Å². The van der Waals surface area contributed by atoms with E-state index in [0.717, 1.165) is 29.7 Å². The molecule has 1 saturated heterocycles. The number of aromatic nitrogens is 1. The van der Waals surface area contributed by atoms with E-state index in [-0.39, 0.29) is 55.8 Å². The summed E-state index contributed by atoms with van der Waals surface area (Å²) >= 11 is 8.38. The predicted molar refractivity (Wildman–Crippen MR) is 235 cm³/mol. The first kappa shape index (κ1) is 46.8. The van der Waals surface area contributed by atoms with Crippen molar-refractivity contribution in [2.24, 2.45) is 11.1 Å². The number of nitrogens with one attached hydrogen (secondary N) is 3. The van der Waals surface area contributed by atoms with Crippen LogP contribution in [-0.4, -0.2) is 88.3 Å². The van der Waals surface area contributed by atoms with Crippen LogP contribution in [0.5, 0.6) is 5.75 Å². The molecule has 1 unspecified atom stereocenters. The first-order valence-electron chi connectivity index (χ1n) is 21.0. The molecule has 0 bridgehead atoms. The van der Waals surface area contributed by atoms with E-state index in [9.17, 15) is 24.3 Å². The minimum absolute atomic E-state index is 0.0428. The highest BCUT2D eigenvalue weighted by Gasteiger charge is 2.47. The Hall–Kier alpha value is -4.24. The fraction of sp³-hybridized carbons (Fsp3) is 0.578. The number of halogens is 1. The Morgan fingerprint density at radius 3 is 2.37 bits per heavy atom. The number of amides is 4. The Morgan fingerprint density at radius 2 is 1.75 bits per heavy atom. The van der Waals surface area contributed by atoms with Gasteiger partial charge in [-0.05, 0) is 101 Å². The van der Waals surface area contributed by atoms with Crippen molar-refractivity contribution >= 4 is 46.8 Å². The SMILES string of the molecule is Cc1ncsc1-c1ccc(C2(NC[C@@H]3C[C@@H](O)CN3C(=O)C(NC(=O)CCCCc3cccc(OC[C@H](CCC(N)=O)NC(=O)OC(C)(C)C)c3Cl)C(C)(C)C)CC2)cc1. The number of hydrogen-bond donors (Lipinski definition) is 5. The maximum absolute atomic E-state index is 14.2. The summed E-state index contributed by atoms with van der Waals surface area (Å²) in [6.45, 7) is 13.9. The van der Waals surface area contributed by atoms with Crippen molar-refractivity contribution in [2.75, 3.05) is 19.7 Å². The summed E-state index contributed by atoms with van der Waals surface area (Å²) in [5.74, 6) is -0.464. The molecular formula is C45H63ClN6O7S. The summed E-state index contributed by atoms with van der Waals surface area (Å²) in [4.78, 5) is 58.8. The third-order valence-corrected chi connectivity index (χ3v) is 12.4. The number of unbranched alkanes of at least 4 members (excludes halogenated alkanes) is 1. The molecule has 60 heavy (non-hydrogen) atoms. The standard InChI is InChI=1S/C45H63ClN6O7S/c1-28-39(60-27-48-28)30-15-17-31(18-16-30)45(21-22-45)49-24-33-23-34(53)25-52(33)41(56)40(43(2,3)4)51-37(55)14-9-8-11-29-12-10-13-35(38(29)46)58-26-32(19-20-36(47)54)50-42(57)59-44(5,6)7/h10,12-13,15-18,27,32-34,40,49,53H,8-9,11,14,19-26H2,1-7H3,(H2,47,54)(H,50,57)(H,51,55)/t32-,33-,34+,40?/m0/s1. The number of aryl methyl sites for hydroxylation is 2. The Balaban J connectivity index is 1.12. The van der Waals surface area contributed by atoms with Gasteiger partial charge in [-0.2, -0.15) is 0 Å². The molecular weight excluding hydrogens is 804 g/mol. The monoisotopic (exact) mass is 866 g/mol. The molecule has 328 valence electrons. The van der Waals surface area contributed by atoms with Gasteiger partial charge in [0.15, 0.2) is 0 Å². The maximum atomic E-state index is 14.2. The molecule has 0 spiro atoms. The van der Waals surface area contributed by atoms with E-state index in [0.29, 0.717) is 43.0 Å². The minimum Gasteiger partial charge on any atom is -0.490 e. The van der Waals surface area contributed by atoms with Gasteiger partial charge in [0.2, 0.25) is 17.7 Å². The average molecular weight is 868 g/mol. The van der Waals surface area contributed by atoms with Gasteiger partial charge in [-0.25, -0.2) is 9.78 Å². The van der Waals surface area contributed by atoms with Crippen molar-refractivity contribution in [3.8, 4) is 16.2 Å². The summed E-state index contributed by atoms with van der Waals surface area (Å²) in [7, 11) is 0. The summed E-state index contributed by atoms with van der Waals surface area (Å²) in [5.41, 5.74) is 10.0. The lowest BCUT2D eigenvalue weighted by Gasteiger charge is -2.36. The molecule has 2 heterocycles. The molecule has 1 aliphatic carbocycles. The first-order valence-corrected chi connectivity index (χ1v) is 22.2. The number of β-amino-alcohol motifs (C(OH)–C–C–N with tert-alkyl or cyclic N) is 1. The van der Waals surface area contributed by atoms with Crippen molar-refractivity contribution in [3.05, 3.63) is 69.8 Å². The van der Waals surface area contributed by atoms with Crippen molar-refractivity contribution in [1.29, 1.82) is 0 Å². The van der Waals surface area contributed by atoms with Crippen LogP contribution in [0.4, 0.5) is 4.79 Å². The van der Waals surface area contributed by atoms with E-state index in [1.54, 1.807) is 43.1 Å². The molecule has 0 radical (unpaired) electrons. The van der Waals surface area contributed by atoms with Crippen LogP contribution in [0.1, 0.15) is 110 Å². The van der Waals surface area contributed by atoms with Gasteiger partial charge in [-0.1, -0.05) is 68.8 Å². The number of nitrogens with zero attached hydrogens (tertiary/aromatic N) is 2. The molecule has 1 saturated carbocycles. The largest absolute Gasteiger partial charge is 0.490 e. The van der Waals surface area contributed by atoms with E-state index < -0.39 is 41.2 Å². The first-order chi connectivity index (χ1) is 28.2. The van der Waals surface area contributed by atoms with Crippen molar-refractivity contribution in [1.82, 2.24) is 25.8 Å². The number of primary amides is 1. The third kappa shape index (κ3) is 13.1. The number of nitrogens with two attached hydrogens (primary N) is 1. The molecule has 2 aliphatic rings. The predicted octanol–water partition coefficient (Wildman–Crippen LogP) is 6.79. The Morgan fingerprint density at radius 1 is 1.03 bits per heavy atom. The number of aliphatic hydroxyl groups is 1. The number of rotatable bonds is 19. The number of thiazole rings is 1. The topological polar surface area (TPSA) is 185 Å². The van der Waals surface area contributed by atoms with Crippen molar-refractivity contribution in [2.45, 2.75) is 142 Å². The Kier molecular flexibility index (Phi) is 15.7. The van der Waals surface area contributed by atoms with Crippen LogP contribution in [0.3, 0.4) is 0 Å². The van der Waals surface area contributed by atoms with Gasteiger partial charge in [0.05, 0.1) is 33.3 Å². The molecule has 4 atom stereocenters. The summed E-state index contributed by atoms with van der Waals surface area (Å²) in [6, 6.07) is 12.6. The molecule has 2 aromatic carbocycles. The highest BCUT2D eigenvalue weighted by atomic mass is 35.5.